The molecule has 0 spiro atoms. The first-order valence-electron chi connectivity index (χ1n) is 7.09. The molecule has 23 heavy (non-hydrogen) atoms. The summed E-state index contributed by atoms with van der Waals surface area (Å²) in [6, 6.07) is 8.82. The Morgan fingerprint density at radius 2 is 1.87 bits per heavy atom. The molecule has 0 unspecified atom stereocenters. The highest BCUT2D eigenvalue weighted by molar-refractivity contribution is 7.16. The number of nitrogens with zero attached hydrogens (tertiary/aromatic N) is 1. The first-order valence-corrected chi connectivity index (χ1v) is 8.28. The van der Waals surface area contributed by atoms with Gasteiger partial charge in [0.25, 0.3) is 0 Å². The van der Waals surface area contributed by atoms with Gasteiger partial charge in [0.1, 0.15) is 11.5 Å². The first kappa shape index (κ1) is 17.4. The highest BCUT2D eigenvalue weighted by Crippen LogP contribution is 2.26. The third-order valence-corrected chi connectivity index (χ3v) is 4.46. The van der Waals surface area contributed by atoms with Crippen LogP contribution in [-0.2, 0) is 6.54 Å². The van der Waals surface area contributed by atoms with E-state index in [4.69, 9.17) is 21.1 Å². The average molecular weight is 355 g/mol. The van der Waals surface area contributed by atoms with E-state index < -0.39 is 0 Å². The summed E-state index contributed by atoms with van der Waals surface area (Å²) >= 11 is 7.41. The number of urea groups is 1. The lowest BCUT2D eigenvalue weighted by Crippen LogP contribution is -2.34. The number of ether oxygens (including phenoxy) is 2. The zero-order valence-corrected chi connectivity index (χ0v) is 14.8. The van der Waals surface area contributed by atoms with Gasteiger partial charge in [-0.2, -0.15) is 0 Å². The van der Waals surface area contributed by atoms with Gasteiger partial charge in [0, 0.05) is 35.3 Å². The molecule has 2 aromatic rings. The Hall–Kier alpha value is -1.92. The highest BCUT2D eigenvalue weighted by Gasteiger charge is 2.14. The van der Waals surface area contributed by atoms with Crippen LogP contribution in [0.1, 0.15) is 11.8 Å². The minimum absolute atomic E-state index is 0.188. The number of carbonyl (C=O) groups is 1. The number of thiophene rings is 1. The molecule has 0 aliphatic rings. The van der Waals surface area contributed by atoms with E-state index in [1.807, 2.05) is 19.1 Å². The topological polar surface area (TPSA) is 50.8 Å². The maximum atomic E-state index is 12.5. The third-order valence-electron chi connectivity index (χ3n) is 3.25. The summed E-state index contributed by atoms with van der Waals surface area (Å²) < 4.78 is 11.1. The van der Waals surface area contributed by atoms with Crippen molar-refractivity contribution in [3.05, 3.63) is 39.5 Å². The van der Waals surface area contributed by atoms with Crippen LogP contribution in [0.25, 0.3) is 0 Å². The Labute approximate surface area is 144 Å². The van der Waals surface area contributed by atoms with Crippen molar-refractivity contribution in [3.8, 4) is 11.5 Å². The fourth-order valence-corrected chi connectivity index (χ4v) is 3.14. The molecule has 2 rings (SSSR count). The van der Waals surface area contributed by atoms with E-state index in [2.05, 4.69) is 5.32 Å². The van der Waals surface area contributed by atoms with E-state index in [1.165, 1.54) is 11.3 Å². The van der Waals surface area contributed by atoms with Gasteiger partial charge in [-0.3, -0.25) is 0 Å². The molecule has 0 aliphatic heterocycles. The molecule has 124 valence electrons. The van der Waals surface area contributed by atoms with E-state index in [0.717, 1.165) is 4.88 Å². The first-order chi connectivity index (χ1) is 11.0. The molecule has 0 aliphatic carbocycles. The third kappa shape index (κ3) is 4.77. The van der Waals surface area contributed by atoms with Crippen molar-refractivity contribution in [2.75, 3.05) is 26.1 Å². The van der Waals surface area contributed by atoms with Crippen molar-refractivity contribution < 1.29 is 14.3 Å². The normalized spacial score (nSPS) is 10.3. The number of benzene rings is 1. The molecule has 5 nitrogen and oxygen atoms in total. The monoisotopic (exact) mass is 354 g/mol. The molecular formula is C16H19ClN2O3S. The van der Waals surface area contributed by atoms with Gasteiger partial charge in [0.05, 0.1) is 25.1 Å². The quantitative estimate of drug-likeness (QED) is 0.832. The Kier molecular flexibility index (Phi) is 6.12. The lowest BCUT2D eigenvalue weighted by Gasteiger charge is -2.21. The number of hydrogen-bond donors (Lipinski definition) is 1. The Balaban J connectivity index is 2.09. The number of anilines is 1. The zero-order valence-electron chi connectivity index (χ0n) is 13.3. The molecule has 2 amide bonds. The lowest BCUT2D eigenvalue weighted by molar-refractivity contribution is 0.212. The molecule has 7 heteroatoms. The lowest BCUT2D eigenvalue weighted by atomic mass is 10.2. The van der Waals surface area contributed by atoms with Gasteiger partial charge in [0.2, 0.25) is 0 Å². The van der Waals surface area contributed by atoms with Crippen molar-refractivity contribution in [3.63, 3.8) is 0 Å². The summed E-state index contributed by atoms with van der Waals surface area (Å²) in [5.41, 5.74) is 0.619. The molecule has 1 aromatic carbocycles. The zero-order chi connectivity index (χ0) is 16.8. The second kappa shape index (κ2) is 8.08. The summed E-state index contributed by atoms with van der Waals surface area (Å²) in [5, 5.41) is 2.87. The summed E-state index contributed by atoms with van der Waals surface area (Å²) in [5.74, 6) is 1.24. The molecule has 1 aromatic heterocycles. The number of halogens is 1. The number of amides is 2. The van der Waals surface area contributed by atoms with Crippen LogP contribution in [-0.4, -0.2) is 31.7 Å². The molecule has 1 heterocycles. The van der Waals surface area contributed by atoms with Crippen molar-refractivity contribution in [1.29, 1.82) is 0 Å². The molecule has 0 saturated carbocycles. The second-order valence-electron chi connectivity index (χ2n) is 4.75. The summed E-state index contributed by atoms with van der Waals surface area (Å²) in [4.78, 5) is 15.2. The van der Waals surface area contributed by atoms with E-state index in [0.29, 0.717) is 34.6 Å². The van der Waals surface area contributed by atoms with Gasteiger partial charge in [-0.1, -0.05) is 11.6 Å². The number of methoxy groups -OCH3 is 2. The number of hydrogen-bond acceptors (Lipinski definition) is 4. The summed E-state index contributed by atoms with van der Waals surface area (Å²) in [7, 11) is 3.14. The smallest absolute Gasteiger partial charge is 0.322 e. The van der Waals surface area contributed by atoms with Gasteiger partial charge in [-0.25, -0.2) is 4.79 Å². The van der Waals surface area contributed by atoms with Crippen LogP contribution in [0, 0.1) is 0 Å². The predicted octanol–water partition coefficient (Wildman–Crippen LogP) is 4.47. The minimum atomic E-state index is -0.188. The van der Waals surface area contributed by atoms with E-state index >= 15 is 0 Å². The molecular weight excluding hydrogens is 336 g/mol. The van der Waals surface area contributed by atoms with Gasteiger partial charge in [-0.05, 0) is 19.1 Å². The van der Waals surface area contributed by atoms with Crippen LogP contribution in [0.15, 0.2) is 30.3 Å². The predicted molar refractivity (Wildman–Crippen MR) is 94.0 cm³/mol. The molecule has 1 N–H and O–H groups in total. The summed E-state index contributed by atoms with van der Waals surface area (Å²) in [6.07, 6.45) is 0. The van der Waals surface area contributed by atoms with Crippen LogP contribution < -0.4 is 14.8 Å². The van der Waals surface area contributed by atoms with E-state index in [9.17, 15) is 4.79 Å². The number of carbonyl (C=O) groups excluding carboxylic acids is 1. The van der Waals surface area contributed by atoms with Gasteiger partial charge >= 0.3 is 6.03 Å². The Morgan fingerprint density at radius 1 is 1.22 bits per heavy atom. The van der Waals surface area contributed by atoms with Crippen molar-refractivity contribution >= 4 is 34.7 Å². The standard InChI is InChI=1S/C16H19ClN2O3S/c1-4-19(10-14-5-6-15(17)23-14)16(20)18-11-7-12(21-2)9-13(8-11)22-3/h5-9H,4,10H2,1-3H3,(H,18,20). The Bertz CT molecular complexity index is 653. The van der Waals surface area contributed by atoms with Gasteiger partial charge < -0.3 is 19.7 Å². The molecule has 0 fully saturated rings. The van der Waals surface area contributed by atoms with Crippen LogP contribution in [0.5, 0.6) is 11.5 Å². The minimum Gasteiger partial charge on any atom is -0.497 e. The van der Waals surface area contributed by atoms with Crippen LogP contribution in [0.3, 0.4) is 0 Å². The fraction of sp³-hybridized carbons (Fsp3) is 0.312. The molecule has 0 radical (unpaired) electrons. The molecule has 0 bridgehead atoms. The largest absolute Gasteiger partial charge is 0.497 e. The maximum absolute atomic E-state index is 12.5. The molecule has 0 atom stereocenters. The van der Waals surface area contributed by atoms with Crippen molar-refractivity contribution in [2.45, 2.75) is 13.5 Å². The van der Waals surface area contributed by atoms with Gasteiger partial charge in [0.15, 0.2) is 0 Å². The van der Waals surface area contributed by atoms with Crippen LogP contribution in [0.4, 0.5) is 10.5 Å². The van der Waals surface area contributed by atoms with Crippen LogP contribution in [0.2, 0.25) is 4.34 Å². The summed E-state index contributed by atoms with van der Waals surface area (Å²) in [6.45, 7) is 3.03. The van der Waals surface area contributed by atoms with E-state index in [1.54, 1.807) is 37.3 Å². The number of rotatable bonds is 6. The average Bonchev–Trinajstić information content (AvgIpc) is 2.97. The van der Waals surface area contributed by atoms with Gasteiger partial charge in [-0.15, -0.1) is 11.3 Å². The fourth-order valence-electron chi connectivity index (χ4n) is 2.03. The van der Waals surface area contributed by atoms with Crippen molar-refractivity contribution in [2.24, 2.45) is 0 Å². The van der Waals surface area contributed by atoms with Crippen LogP contribution >= 0.6 is 22.9 Å². The molecule has 0 saturated heterocycles. The highest BCUT2D eigenvalue weighted by atomic mass is 35.5. The van der Waals surface area contributed by atoms with Crippen molar-refractivity contribution in [1.82, 2.24) is 4.90 Å². The van der Waals surface area contributed by atoms with E-state index in [-0.39, 0.29) is 6.03 Å². The SMILES string of the molecule is CCN(Cc1ccc(Cl)s1)C(=O)Nc1cc(OC)cc(OC)c1. The second-order valence-corrected chi connectivity index (χ2v) is 6.55. The maximum Gasteiger partial charge on any atom is 0.322 e. The number of nitrogens with one attached hydrogen (secondary N) is 1. The Morgan fingerprint density at radius 3 is 2.35 bits per heavy atom.